The fourth-order valence-corrected chi connectivity index (χ4v) is 5.93. The van der Waals surface area contributed by atoms with Crippen LogP contribution in [0.15, 0.2) is 50.7 Å². The number of fused-ring (bicyclic) bond motifs is 1. The molecule has 0 spiro atoms. The summed E-state index contributed by atoms with van der Waals surface area (Å²) in [6, 6.07) is 2.62. The number of anilines is 1. The van der Waals surface area contributed by atoms with Crippen LogP contribution in [0.25, 0.3) is 11.5 Å². The minimum atomic E-state index is -1.22. The lowest BCUT2D eigenvalue weighted by Crippen LogP contribution is -2.71. The number of rotatable bonds is 8. The van der Waals surface area contributed by atoms with Gasteiger partial charge in [-0.15, -0.1) is 33.3 Å². The van der Waals surface area contributed by atoms with Crippen molar-refractivity contribution in [1.29, 1.82) is 0 Å². The van der Waals surface area contributed by atoms with Gasteiger partial charge >= 0.3 is 5.97 Å². The molecule has 0 saturated carbocycles. The summed E-state index contributed by atoms with van der Waals surface area (Å²) in [5, 5.41) is 25.3. The third-order valence-electron chi connectivity index (χ3n) is 5.74. The van der Waals surface area contributed by atoms with Crippen molar-refractivity contribution in [2.45, 2.75) is 24.9 Å². The van der Waals surface area contributed by atoms with E-state index in [1.165, 1.54) is 23.8 Å². The predicted molar refractivity (Wildman–Crippen MR) is 134 cm³/mol. The highest BCUT2D eigenvalue weighted by Gasteiger charge is 2.54. The van der Waals surface area contributed by atoms with Crippen LogP contribution in [-0.4, -0.2) is 73.0 Å². The van der Waals surface area contributed by atoms with E-state index in [1.54, 1.807) is 41.4 Å². The van der Waals surface area contributed by atoms with Gasteiger partial charge in [-0.1, -0.05) is 5.16 Å². The smallest absolute Gasteiger partial charge is 0.352 e. The van der Waals surface area contributed by atoms with Crippen molar-refractivity contribution >= 4 is 51.7 Å². The number of nitrogens with zero attached hydrogens (tertiary/aromatic N) is 6. The molecule has 38 heavy (non-hydrogen) atoms. The van der Waals surface area contributed by atoms with Gasteiger partial charge in [0.25, 0.3) is 11.8 Å². The number of carboxylic acid groups (broad SMARTS) is 1. The molecule has 0 bridgehead atoms. The number of aryl methyl sites for hydroxylation is 1. The van der Waals surface area contributed by atoms with Gasteiger partial charge in [0.2, 0.25) is 11.8 Å². The standard InChI is InChI=1S/C22H20N8O6S2/c1-10-26-27-18(36-10)11-3-5-29(6-4-11)7-12-8-37-20-15(19(32)30(20)16(12)21(33)34)25-17(31)14(28-35-2)13-9-38-22(23)24-13/h3-6,9,15,20H,7-8H2,1-2H3,(H3-,23,24,25,31,33,34)/p+1/b28-14-/t15-,20-/m1/s1. The highest BCUT2D eigenvalue weighted by Crippen LogP contribution is 2.40. The maximum Gasteiger partial charge on any atom is 0.352 e. The van der Waals surface area contributed by atoms with Crippen LogP contribution in [0.4, 0.5) is 5.13 Å². The summed E-state index contributed by atoms with van der Waals surface area (Å²) in [5.74, 6) is -1.26. The molecule has 196 valence electrons. The molecule has 5 rings (SSSR count). The van der Waals surface area contributed by atoms with Crippen molar-refractivity contribution in [2.75, 3.05) is 18.6 Å². The normalized spacial score (nSPS) is 19.2. The molecule has 0 aromatic carbocycles. The Morgan fingerprint density at radius 3 is 2.74 bits per heavy atom. The lowest BCUT2D eigenvalue weighted by molar-refractivity contribution is -0.689. The Kier molecular flexibility index (Phi) is 6.81. The number of hydrogen-bond donors (Lipinski definition) is 3. The van der Waals surface area contributed by atoms with Crippen LogP contribution in [0.2, 0.25) is 0 Å². The number of nitrogens with two attached hydrogens (primary N) is 1. The van der Waals surface area contributed by atoms with Crippen LogP contribution in [-0.2, 0) is 25.8 Å². The molecule has 1 fully saturated rings. The number of nitrogen functional groups attached to an aromatic ring is 1. The molecule has 2 aliphatic heterocycles. The fourth-order valence-electron chi connectivity index (χ4n) is 4.05. The molecular weight excluding hydrogens is 536 g/mol. The first-order valence-corrected chi connectivity index (χ1v) is 13.0. The minimum absolute atomic E-state index is 0.0913. The molecule has 2 aliphatic rings. The van der Waals surface area contributed by atoms with Gasteiger partial charge in [-0.05, 0) is 0 Å². The zero-order chi connectivity index (χ0) is 27.0. The molecule has 3 aromatic rings. The van der Waals surface area contributed by atoms with E-state index < -0.39 is 29.2 Å². The lowest BCUT2D eigenvalue weighted by atomic mass is 10.0. The first-order chi connectivity index (χ1) is 18.3. The number of β-lactam (4-membered cyclic amide) rings is 1. The lowest BCUT2D eigenvalue weighted by Gasteiger charge is -2.49. The summed E-state index contributed by atoms with van der Waals surface area (Å²) in [6.45, 7) is 1.95. The average Bonchev–Trinajstić information content (AvgIpc) is 3.53. The molecular formula is C22H21N8O6S2+. The van der Waals surface area contributed by atoms with Gasteiger partial charge in [-0.25, -0.2) is 14.3 Å². The zero-order valence-corrected chi connectivity index (χ0v) is 21.7. The maximum atomic E-state index is 13.0. The summed E-state index contributed by atoms with van der Waals surface area (Å²) in [4.78, 5) is 48.1. The summed E-state index contributed by atoms with van der Waals surface area (Å²) in [6.07, 6.45) is 3.53. The second-order valence-electron chi connectivity index (χ2n) is 8.20. The summed E-state index contributed by atoms with van der Waals surface area (Å²) >= 11 is 2.49. The second kappa shape index (κ2) is 10.2. The highest BCUT2D eigenvalue weighted by molar-refractivity contribution is 8.00. The van der Waals surface area contributed by atoms with E-state index in [4.69, 9.17) is 15.0 Å². The number of amides is 2. The molecule has 0 radical (unpaired) electrons. The van der Waals surface area contributed by atoms with Gasteiger partial charge in [-0.3, -0.25) is 14.5 Å². The van der Waals surface area contributed by atoms with Gasteiger partial charge in [0.1, 0.15) is 29.9 Å². The maximum absolute atomic E-state index is 13.0. The first kappa shape index (κ1) is 25.3. The number of pyridine rings is 1. The Morgan fingerprint density at radius 1 is 1.37 bits per heavy atom. The van der Waals surface area contributed by atoms with Crippen molar-refractivity contribution < 1.29 is 33.3 Å². The van der Waals surface area contributed by atoms with Gasteiger partial charge in [0.15, 0.2) is 29.8 Å². The Bertz CT molecular complexity index is 1480. The van der Waals surface area contributed by atoms with E-state index in [1.807, 2.05) is 0 Å². The molecule has 2 amide bonds. The van der Waals surface area contributed by atoms with Crippen molar-refractivity contribution in [2.24, 2.45) is 5.16 Å². The minimum Gasteiger partial charge on any atom is -0.477 e. The Hall–Kier alpha value is -4.31. The van der Waals surface area contributed by atoms with Crippen molar-refractivity contribution in [1.82, 2.24) is 25.4 Å². The average molecular weight is 558 g/mol. The number of thiazole rings is 1. The number of thioether (sulfide) groups is 1. The number of carboxylic acids is 1. The van der Waals surface area contributed by atoms with Gasteiger partial charge in [-0.2, -0.15) is 0 Å². The molecule has 0 unspecified atom stereocenters. The third-order valence-corrected chi connectivity index (χ3v) is 7.75. The Labute approximate surface area is 223 Å². The van der Waals surface area contributed by atoms with E-state index in [0.29, 0.717) is 23.1 Å². The number of hydrogen-bond acceptors (Lipinski definition) is 12. The van der Waals surface area contributed by atoms with E-state index >= 15 is 0 Å². The number of carbonyl (C=O) groups is 3. The van der Waals surface area contributed by atoms with E-state index in [2.05, 4.69) is 25.7 Å². The zero-order valence-electron chi connectivity index (χ0n) is 20.0. The van der Waals surface area contributed by atoms with Crippen LogP contribution >= 0.6 is 23.1 Å². The molecule has 5 heterocycles. The van der Waals surface area contributed by atoms with Crippen LogP contribution in [0, 0.1) is 6.92 Å². The van der Waals surface area contributed by atoms with Crippen molar-refractivity contribution in [3.05, 3.63) is 52.8 Å². The molecule has 4 N–H and O–H groups in total. The van der Waals surface area contributed by atoms with Crippen LogP contribution in [0.1, 0.15) is 11.6 Å². The van der Waals surface area contributed by atoms with Crippen LogP contribution in [0.3, 0.4) is 0 Å². The summed E-state index contributed by atoms with van der Waals surface area (Å²) in [5.41, 5.74) is 6.91. The second-order valence-corrected chi connectivity index (χ2v) is 10.2. The van der Waals surface area contributed by atoms with Gasteiger partial charge < -0.3 is 25.4 Å². The Balaban J connectivity index is 1.32. The third kappa shape index (κ3) is 4.70. The number of aromatic nitrogens is 4. The van der Waals surface area contributed by atoms with Crippen LogP contribution < -0.4 is 15.6 Å². The van der Waals surface area contributed by atoms with E-state index in [-0.39, 0.29) is 28.8 Å². The molecule has 14 nitrogen and oxygen atoms in total. The quantitative estimate of drug-likeness (QED) is 0.148. The number of carbonyl (C=O) groups excluding carboxylic acids is 2. The largest absolute Gasteiger partial charge is 0.477 e. The molecule has 0 aliphatic carbocycles. The van der Waals surface area contributed by atoms with Gasteiger partial charge in [0.05, 0.1) is 5.56 Å². The van der Waals surface area contributed by atoms with Gasteiger partial charge in [0, 0.05) is 35.8 Å². The van der Waals surface area contributed by atoms with Crippen molar-refractivity contribution in [3.8, 4) is 11.5 Å². The fraction of sp³-hybridized carbons (Fsp3) is 0.273. The topological polar surface area (TPSA) is 190 Å². The first-order valence-electron chi connectivity index (χ1n) is 11.1. The highest BCUT2D eigenvalue weighted by atomic mass is 32.2. The molecule has 2 atom stereocenters. The van der Waals surface area contributed by atoms with E-state index in [0.717, 1.165) is 16.9 Å². The molecule has 3 aromatic heterocycles. The summed E-state index contributed by atoms with van der Waals surface area (Å²) < 4.78 is 7.22. The van der Waals surface area contributed by atoms with E-state index in [9.17, 15) is 19.5 Å². The monoisotopic (exact) mass is 557 g/mol. The number of oxime groups is 1. The number of aliphatic carboxylic acids is 1. The Morgan fingerprint density at radius 2 is 2.13 bits per heavy atom. The summed E-state index contributed by atoms with van der Waals surface area (Å²) in [7, 11) is 1.28. The molecule has 1 saturated heterocycles. The number of nitrogens with one attached hydrogen (secondary N) is 1. The molecule has 16 heteroatoms. The van der Waals surface area contributed by atoms with Crippen molar-refractivity contribution in [3.63, 3.8) is 0 Å². The SMILES string of the molecule is CO/N=C(\C(=O)N[C@@H]1C(=O)N2C(C(=O)O)=C(C[n+]3ccc(-c4nnc(C)o4)cc3)CS[C@H]12)c1csc(N)n1. The predicted octanol–water partition coefficient (Wildman–Crippen LogP) is 0.161. The van der Waals surface area contributed by atoms with Crippen LogP contribution in [0.5, 0.6) is 0 Å².